The summed E-state index contributed by atoms with van der Waals surface area (Å²) in [7, 11) is -3.80. The molecule has 10 heteroatoms. The van der Waals surface area contributed by atoms with Crippen molar-refractivity contribution in [3.05, 3.63) is 34.4 Å². The zero-order valence-corrected chi connectivity index (χ0v) is 15.0. The summed E-state index contributed by atoms with van der Waals surface area (Å²) >= 11 is 0. The maximum Gasteiger partial charge on any atom is 0.270 e. The van der Waals surface area contributed by atoms with E-state index in [0.717, 1.165) is 44.5 Å². The number of rotatable bonds is 7. The van der Waals surface area contributed by atoms with Gasteiger partial charge in [-0.1, -0.05) is 6.07 Å². The lowest BCUT2D eigenvalue weighted by molar-refractivity contribution is -0.385. The fraction of sp³-hybridized carbons (Fsp3) is 0.533. The number of nitro benzene ring substituents is 1. The van der Waals surface area contributed by atoms with Gasteiger partial charge in [0.2, 0.25) is 10.0 Å². The van der Waals surface area contributed by atoms with Crippen molar-refractivity contribution in [3.8, 4) is 0 Å². The second-order valence-corrected chi connectivity index (χ2v) is 7.35. The Bertz CT molecular complexity index is 729. The Morgan fingerprint density at radius 2 is 2.08 bits per heavy atom. The minimum atomic E-state index is -3.80. The summed E-state index contributed by atoms with van der Waals surface area (Å²) in [6, 6.07) is 4.97. The first-order valence-corrected chi connectivity index (χ1v) is 9.69. The number of nitrogens with zero attached hydrogens (tertiary/aromatic N) is 3. The highest BCUT2D eigenvalue weighted by atomic mass is 32.2. The lowest BCUT2D eigenvalue weighted by Gasteiger charge is -2.20. The van der Waals surface area contributed by atoms with Gasteiger partial charge in [0.1, 0.15) is 0 Å². The molecular formula is C15H23N5O4S. The Morgan fingerprint density at radius 3 is 2.72 bits per heavy atom. The van der Waals surface area contributed by atoms with Crippen molar-refractivity contribution in [1.82, 2.24) is 14.9 Å². The third kappa shape index (κ3) is 5.40. The predicted octanol–water partition coefficient (Wildman–Crippen LogP) is 0.934. The van der Waals surface area contributed by atoms with Gasteiger partial charge < -0.3 is 10.2 Å². The topological polar surface area (TPSA) is 117 Å². The lowest BCUT2D eigenvalue weighted by atomic mass is 10.3. The van der Waals surface area contributed by atoms with Crippen LogP contribution in [0.2, 0.25) is 0 Å². The van der Waals surface area contributed by atoms with Gasteiger partial charge in [-0.15, -0.1) is 0 Å². The van der Waals surface area contributed by atoms with Gasteiger partial charge in [-0.25, -0.2) is 13.1 Å². The number of aliphatic imine (C=N–C) groups is 1. The maximum absolute atomic E-state index is 12.2. The quantitative estimate of drug-likeness (QED) is 0.243. The molecule has 9 nitrogen and oxygen atoms in total. The molecule has 0 atom stereocenters. The minimum Gasteiger partial charge on any atom is -0.357 e. The molecule has 25 heavy (non-hydrogen) atoms. The lowest BCUT2D eigenvalue weighted by Crippen LogP contribution is -2.40. The van der Waals surface area contributed by atoms with Crippen LogP contribution in [0.25, 0.3) is 0 Å². The van der Waals surface area contributed by atoms with E-state index in [4.69, 9.17) is 0 Å². The summed E-state index contributed by atoms with van der Waals surface area (Å²) in [6.07, 6.45) is 2.26. The van der Waals surface area contributed by atoms with Crippen molar-refractivity contribution in [2.75, 3.05) is 32.7 Å². The van der Waals surface area contributed by atoms with E-state index < -0.39 is 14.9 Å². The monoisotopic (exact) mass is 369 g/mol. The highest BCUT2D eigenvalue weighted by Gasteiger charge is 2.18. The number of guanidine groups is 1. The van der Waals surface area contributed by atoms with Crippen LogP contribution in [0.5, 0.6) is 0 Å². The number of nitrogens with one attached hydrogen (secondary N) is 2. The molecule has 0 aromatic heterocycles. The van der Waals surface area contributed by atoms with E-state index in [0.29, 0.717) is 0 Å². The summed E-state index contributed by atoms with van der Waals surface area (Å²) in [5, 5.41) is 14.0. The maximum atomic E-state index is 12.2. The minimum absolute atomic E-state index is 0.119. The van der Waals surface area contributed by atoms with Crippen LogP contribution in [0.15, 0.2) is 34.2 Å². The Labute approximate surface area is 147 Å². The summed E-state index contributed by atoms with van der Waals surface area (Å²) in [5.41, 5.74) is -0.260. The third-order valence-electron chi connectivity index (χ3n) is 3.74. The SMILES string of the molecule is CCNC(=NCCNS(=O)(=O)c1cccc([N+](=O)[O-])c1)N1CCCC1. The normalized spacial score (nSPS) is 15.4. The summed E-state index contributed by atoms with van der Waals surface area (Å²) in [4.78, 5) is 16.6. The molecule has 1 aliphatic rings. The van der Waals surface area contributed by atoms with Gasteiger partial charge in [0.05, 0.1) is 16.4 Å². The standard InChI is InChI=1S/C15H23N5O4S/c1-2-16-15(19-10-3-4-11-19)17-8-9-18-25(23,24)14-7-5-6-13(12-14)20(21)22/h5-7,12,18H,2-4,8-11H2,1H3,(H,16,17). The van der Waals surface area contributed by atoms with Crippen LogP contribution in [0, 0.1) is 10.1 Å². The van der Waals surface area contributed by atoms with E-state index >= 15 is 0 Å². The van der Waals surface area contributed by atoms with Crippen molar-refractivity contribution in [2.24, 2.45) is 4.99 Å². The van der Waals surface area contributed by atoms with Crippen LogP contribution in [0.3, 0.4) is 0 Å². The molecular weight excluding hydrogens is 346 g/mol. The number of hydrogen-bond acceptors (Lipinski definition) is 5. The van der Waals surface area contributed by atoms with E-state index in [2.05, 4.69) is 19.9 Å². The smallest absolute Gasteiger partial charge is 0.270 e. The summed E-state index contributed by atoms with van der Waals surface area (Å²) in [6.45, 7) is 5.03. The molecule has 0 bridgehead atoms. The Kier molecular flexibility index (Phi) is 6.71. The molecule has 0 unspecified atom stereocenters. The van der Waals surface area contributed by atoms with Crippen molar-refractivity contribution < 1.29 is 13.3 Å². The van der Waals surface area contributed by atoms with Crippen LogP contribution >= 0.6 is 0 Å². The predicted molar refractivity (Wildman–Crippen MR) is 95.1 cm³/mol. The van der Waals surface area contributed by atoms with Gasteiger partial charge in [-0.3, -0.25) is 15.1 Å². The Morgan fingerprint density at radius 1 is 1.36 bits per heavy atom. The largest absolute Gasteiger partial charge is 0.357 e. The number of hydrogen-bond donors (Lipinski definition) is 2. The fourth-order valence-electron chi connectivity index (χ4n) is 2.54. The van der Waals surface area contributed by atoms with Crippen LogP contribution in [-0.4, -0.2) is 56.9 Å². The van der Waals surface area contributed by atoms with Crippen LogP contribution in [-0.2, 0) is 10.0 Å². The van der Waals surface area contributed by atoms with Crippen molar-refractivity contribution in [2.45, 2.75) is 24.7 Å². The van der Waals surface area contributed by atoms with Crippen LogP contribution in [0.1, 0.15) is 19.8 Å². The zero-order valence-electron chi connectivity index (χ0n) is 14.1. The number of sulfonamides is 1. The molecule has 1 aromatic rings. The average Bonchev–Trinajstić information content (AvgIpc) is 3.12. The first-order chi connectivity index (χ1) is 11.9. The Balaban J connectivity index is 1.96. The van der Waals surface area contributed by atoms with Gasteiger partial charge in [-0.2, -0.15) is 0 Å². The molecule has 1 heterocycles. The van der Waals surface area contributed by atoms with Gasteiger partial charge in [0, 0.05) is 38.3 Å². The summed E-state index contributed by atoms with van der Waals surface area (Å²) < 4.78 is 26.9. The first kappa shape index (κ1) is 19.1. The summed E-state index contributed by atoms with van der Waals surface area (Å²) in [5.74, 6) is 0.787. The van der Waals surface area contributed by atoms with E-state index in [9.17, 15) is 18.5 Å². The molecule has 0 radical (unpaired) electrons. The fourth-order valence-corrected chi connectivity index (χ4v) is 3.60. The molecule has 0 saturated carbocycles. The van der Waals surface area contributed by atoms with Crippen molar-refractivity contribution in [1.29, 1.82) is 0 Å². The number of non-ortho nitro benzene ring substituents is 1. The van der Waals surface area contributed by atoms with Gasteiger partial charge >= 0.3 is 0 Å². The highest BCUT2D eigenvalue weighted by molar-refractivity contribution is 7.89. The molecule has 0 amide bonds. The average molecular weight is 369 g/mol. The molecule has 138 valence electrons. The third-order valence-corrected chi connectivity index (χ3v) is 5.20. The molecule has 0 spiro atoms. The molecule has 0 aliphatic carbocycles. The number of nitro groups is 1. The van der Waals surface area contributed by atoms with E-state index in [-0.39, 0.29) is 23.7 Å². The molecule has 1 aliphatic heterocycles. The molecule has 1 fully saturated rings. The zero-order chi connectivity index (χ0) is 18.3. The second kappa shape index (κ2) is 8.77. The van der Waals surface area contributed by atoms with E-state index in [1.807, 2.05) is 6.92 Å². The van der Waals surface area contributed by atoms with Crippen molar-refractivity contribution in [3.63, 3.8) is 0 Å². The molecule has 1 saturated heterocycles. The first-order valence-electron chi connectivity index (χ1n) is 8.21. The van der Waals surface area contributed by atoms with Crippen LogP contribution in [0.4, 0.5) is 5.69 Å². The molecule has 1 aromatic carbocycles. The van der Waals surface area contributed by atoms with Crippen LogP contribution < -0.4 is 10.0 Å². The number of benzene rings is 1. The van der Waals surface area contributed by atoms with E-state index in [1.54, 1.807) is 0 Å². The molecule has 2 N–H and O–H groups in total. The molecule has 2 rings (SSSR count). The second-order valence-electron chi connectivity index (χ2n) is 5.58. The van der Waals surface area contributed by atoms with E-state index in [1.165, 1.54) is 18.2 Å². The van der Waals surface area contributed by atoms with Gasteiger partial charge in [0.25, 0.3) is 5.69 Å². The highest BCUT2D eigenvalue weighted by Crippen LogP contribution is 2.16. The number of likely N-dealkylation sites (tertiary alicyclic amines) is 1. The van der Waals surface area contributed by atoms with Crippen molar-refractivity contribution >= 4 is 21.7 Å². The van der Waals surface area contributed by atoms with Gasteiger partial charge in [-0.05, 0) is 25.8 Å². The Hall–Kier alpha value is -2.20. The van der Waals surface area contributed by atoms with Gasteiger partial charge in [0.15, 0.2) is 5.96 Å².